The van der Waals surface area contributed by atoms with Crippen molar-refractivity contribution in [1.82, 2.24) is 10.2 Å². The quantitative estimate of drug-likeness (QED) is 0.859. The minimum absolute atomic E-state index is 0.602. The molecule has 1 saturated heterocycles. The highest BCUT2D eigenvalue weighted by Crippen LogP contribution is 2.38. The van der Waals surface area contributed by atoms with Gasteiger partial charge in [0, 0.05) is 26.2 Å². The van der Waals surface area contributed by atoms with E-state index >= 15 is 0 Å². The van der Waals surface area contributed by atoms with Crippen LogP contribution in [0.4, 0.5) is 0 Å². The zero-order chi connectivity index (χ0) is 14.7. The fourth-order valence-electron chi connectivity index (χ4n) is 4.15. The topological polar surface area (TPSA) is 15.3 Å². The summed E-state index contributed by atoms with van der Waals surface area (Å²) in [5.74, 6) is 2.61. The molecule has 2 nitrogen and oxygen atoms in total. The van der Waals surface area contributed by atoms with Gasteiger partial charge in [-0.05, 0) is 48.3 Å². The second kappa shape index (κ2) is 6.93. The molecule has 2 fully saturated rings. The van der Waals surface area contributed by atoms with Crippen LogP contribution < -0.4 is 5.32 Å². The second-order valence-corrected chi connectivity index (χ2v) is 7.10. The van der Waals surface area contributed by atoms with Crippen LogP contribution in [0.3, 0.4) is 0 Å². The van der Waals surface area contributed by atoms with E-state index in [1.165, 1.54) is 43.5 Å². The van der Waals surface area contributed by atoms with Crippen molar-refractivity contribution in [3.8, 4) is 0 Å². The SMILES string of the molecule is CCNCC(C)c1ccc(CN2CC3CCCC3C2)cc1. The van der Waals surface area contributed by atoms with Crippen molar-refractivity contribution in [3.63, 3.8) is 0 Å². The van der Waals surface area contributed by atoms with E-state index < -0.39 is 0 Å². The second-order valence-electron chi connectivity index (χ2n) is 7.10. The highest BCUT2D eigenvalue weighted by atomic mass is 15.2. The van der Waals surface area contributed by atoms with Crippen molar-refractivity contribution in [1.29, 1.82) is 0 Å². The van der Waals surface area contributed by atoms with Crippen molar-refractivity contribution >= 4 is 0 Å². The van der Waals surface area contributed by atoms with Crippen LogP contribution in [0.2, 0.25) is 0 Å². The number of hydrogen-bond acceptors (Lipinski definition) is 2. The van der Waals surface area contributed by atoms with Gasteiger partial charge in [-0.1, -0.05) is 44.5 Å². The molecule has 3 rings (SSSR count). The molecule has 1 aromatic carbocycles. The summed E-state index contributed by atoms with van der Waals surface area (Å²) in [4.78, 5) is 2.67. The Bertz CT molecular complexity index is 427. The maximum atomic E-state index is 3.43. The Kier molecular flexibility index (Phi) is 4.97. The molecule has 21 heavy (non-hydrogen) atoms. The van der Waals surface area contributed by atoms with Gasteiger partial charge in [-0.25, -0.2) is 0 Å². The largest absolute Gasteiger partial charge is 0.316 e. The molecule has 3 atom stereocenters. The number of likely N-dealkylation sites (tertiary alicyclic amines) is 1. The first kappa shape index (κ1) is 15.1. The predicted molar refractivity (Wildman–Crippen MR) is 89.5 cm³/mol. The lowest BCUT2D eigenvalue weighted by molar-refractivity contribution is 0.303. The van der Waals surface area contributed by atoms with Crippen LogP contribution in [0.5, 0.6) is 0 Å². The summed E-state index contributed by atoms with van der Waals surface area (Å²) in [5, 5.41) is 3.43. The maximum absolute atomic E-state index is 3.43. The first-order chi connectivity index (χ1) is 10.3. The molecule has 1 aromatic rings. The van der Waals surface area contributed by atoms with Crippen LogP contribution in [0.25, 0.3) is 0 Å². The lowest BCUT2D eigenvalue weighted by Crippen LogP contribution is -2.21. The number of nitrogens with one attached hydrogen (secondary N) is 1. The van der Waals surface area contributed by atoms with Gasteiger partial charge in [0.05, 0.1) is 0 Å². The summed E-state index contributed by atoms with van der Waals surface area (Å²) in [6.07, 6.45) is 4.42. The minimum atomic E-state index is 0.602. The molecule has 2 heteroatoms. The van der Waals surface area contributed by atoms with Gasteiger partial charge in [0.2, 0.25) is 0 Å². The van der Waals surface area contributed by atoms with Gasteiger partial charge in [-0.3, -0.25) is 4.90 Å². The Morgan fingerprint density at radius 3 is 2.43 bits per heavy atom. The number of benzene rings is 1. The third kappa shape index (κ3) is 3.67. The Labute approximate surface area is 129 Å². The molecule has 0 bridgehead atoms. The molecule has 3 unspecified atom stereocenters. The van der Waals surface area contributed by atoms with Gasteiger partial charge in [0.15, 0.2) is 0 Å². The van der Waals surface area contributed by atoms with Crippen LogP contribution in [-0.4, -0.2) is 31.1 Å². The third-order valence-electron chi connectivity index (χ3n) is 5.46. The molecule has 1 aliphatic heterocycles. The van der Waals surface area contributed by atoms with Crippen molar-refractivity contribution in [3.05, 3.63) is 35.4 Å². The van der Waals surface area contributed by atoms with Gasteiger partial charge >= 0.3 is 0 Å². The Hall–Kier alpha value is -0.860. The molecule has 2 aliphatic rings. The van der Waals surface area contributed by atoms with Crippen molar-refractivity contribution in [2.75, 3.05) is 26.2 Å². The van der Waals surface area contributed by atoms with Crippen LogP contribution in [0.15, 0.2) is 24.3 Å². The average Bonchev–Trinajstić information content (AvgIpc) is 3.06. The van der Waals surface area contributed by atoms with Gasteiger partial charge in [-0.2, -0.15) is 0 Å². The molecular weight excluding hydrogens is 256 g/mol. The normalized spacial score (nSPS) is 27.0. The van der Waals surface area contributed by atoms with E-state index in [1.807, 2.05) is 0 Å². The standard InChI is InChI=1S/C19H30N2/c1-3-20-11-15(2)17-9-7-16(8-10-17)12-21-13-18-5-4-6-19(18)14-21/h7-10,15,18-20H,3-6,11-14H2,1-2H3. The molecule has 0 amide bonds. The molecule has 1 N–H and O–H groups in total. The summed E-state index contributed by atoms with van der Waals surface area (Å²) in [5.41, 5.74) is 2.94. The number of rotatable bonds is 6. The zero-order valence-electron chi connectivity index (χ0n) is 13.6. The zero-order valence-corrected chi connectivity index (χ0v) is 13.6. The monoisotopic (exact) mass is 286 g/mol. The van der Waals surface area contributed by atoms with Crippen molar-refractivity contribution in [2.45, 2.75) is 45.6 Å². The highest BCUT2D eigenvalue weighted by Gasteiger charge is 2.35. The van der Waals surface area contributed by atoms with Gasteiger partial charge in [-0.15, -0.1) is 0 Å². The highest BCUT2D eigenvalue weighted by molar-refractivity contribution is 5.25. The third-order valence-corrected chi connectivity index (χ3v) is 5.46. The van der Waals surface area contributed by atoms with Crippen LogP contribution in [0.1, 0.15) is 50.2 Å². The summed E-state index contributed by atoms with van der Waals surface area (Å²) in [7, 11) is 0. The number of hydrogen-bond donors (Lipinski definition) is 1. The molecular formula is C19H30N2. The summed E-state index contributed by atoms with van der Waals surface area (Å²) in [6, 6.07) is 9.33. The van der Waals surface area contributed by atoms with E-state index in [0.717, 1.165) is 31.5 Å². The molecule has 1 saturated carbocycles. The molecule has 0 radical (unpaired) electrons. The smallest absolute Gasteiger partial charge is 0.0233 e. The molecule has 1 heterocycles. The van der Waals surface area contributed by atoms with Gasteiger partial charge < -0.3 is 5.32 Å². The average molecular weight is 286 g/mol. The molecule has 1 aliphatic carbocycles. The summed E-state index contributed by atoms with van der Waals surface area (Å²) < 4.78 is 0. The predicted octanol–water partition coefficient (Wildman–Crippen LogP) is 3.63. The van der Waals surface area contributed by atoms with Gasteiger partial charge in [0.1, 0.15) is 0 Å². The van der Waals surface area contributed by atoms with E-state index in [9.17, 15) is 0 Å². The fraction of sp³-hybridized carbons (Fsp3) is 0.684. The van der Waals surface area contributed by atoms with E-state index in [4.69, 9.17) is 0 Å². The lowest BCUT2D eigenvalue weighted by atomic mass is 9.99. The minimum Gasteiger partial charge on any atom is -0.316 e. The van der Waals surface area contributed by atoms with Crippen LogP contribution in [-0.2, 0) is 6.54 Å². The Morgan fingerprint density at radius 2 is 1.81 bits per heavy atom. The number of fused-ring (bicyclic) bond motifs is 1. The first-order valence-corrected chi connectivity index (χ1v) is 8.78. The van der Waals surface area contributed by atoms with E-state index in [-0.39, 0.29) is 0 Å². The summed E-state index contributed by atoms with van der Waals surface area (Å²) >= 11 is 0. The molecule has 0 spiro atoms. The molecule has 116 valence electrons. The molecule has 0 aromatic heterocycles. The lowest BCUT2D eigenvalue weighted by Gasteiger charge is -2.18. The van der Waals surface area contributed by atoms with Crippen LogP contribution >= 0.6 is 0 Å². The first-order valence-electron chi connectivity index (χ1n) is 8.78. The maximum Gasteiger partial charge on any atom is 0.0233 e. The van der Waals surface area contributed by atoms with E-state index in [1.54, 1.807) is 0 Å². The Balaban J connectivity index is 1.52. The van der Waals surface area contributed by atoms with Crippen molar-refractivity contribution < 1.29 is 0 Å². The number of nitrogens with zero attached hydrogens (tertiary/aromatic N) is 1. The number of likely N-dealkylation sites (N-methyl/N-ethyl adjacent to an activating group) is 1. The summed E-state index contributed by atoms with van der Waals surface area (Å²) in [6.45, 7) is 10.4. The van der Waals surface area contributed by atoms with Crippen molar-refractivity contribution in [2.24, 2.45) is 11.8 Å². The van der Waals surface area contributed by atoms with Crippen LogP contribution in [0, 0.1) is 11.8 Å². The van der Waals surface area contributed by atoms with E-state index in [0.29, 0.717) is 5.92 Å². The van der Waals surface area contributed by atoms with E-state index in [2.05, 4.69) is 48.3 Å². The van der Waals surface area contributed by atoms with Gasteiger partial charge in [0.25, 0.3) is 0 Å². The fourth-order valence-corrected chi connectivity index (χ4v) is 4.15. The Morgan fingerprint density at radius 1 is 1.14 bits per heavy atom.